The number of hydrogen-bond donors (Lipinski definition) is 2. The van der Waals surface area contributed by atoms with Gasteiger partial charge in [-0.2, -0.15) is 13.2 Å². The number of benzene rings is 2. The summed E-state index contributed by atoms with van der Waals surface area (Å²) in [6, 6.07) is 13.0. The lowest BCUT2D eigenvalue weighted by molar-refractivity contribution is -0.266. The van der Waals surface area contributed by atoms with Crippen molar-refractivity contribution in [3.8, 4) is 0 Å². The molecule has 0 spiro atoms. The Bertz CT molecular complexity index is 1280. The van der Waals surface area contributed by atoms with E-state index in [0.717, 1.165) is 28.4 Å². The number of hydrogen-bond acceptors (Lipinski definition) is 4. The highest BCUT2D eigenvalue weighted by Crippen LogP contribution is 2.43. The molecule has 2 heterocycles. The summed E-state index contributed by atoms with van der Waals surface area (Å²) < 4.78 is 43.1. The van der Waals surface area contributed by atoms with Gasteiger partial charge in [0.1, 0.15) is 5.01 Å². The number of aromatic nitrogens is 2. The van der Waals surface area contributed by atoms with E-state index in [-0.39, 0.29) is 0 Å². The van der Waals surface area contributed by atoms with Gasteiger partial charge in [-0.15, -0.1) is 11.3 Å². The Morgan fingerprint density at radius 3 is 2.52 bits per heavy atom. The zero-order valence-corrected chi connectivity index (χ0v) is 17.6. The van der Waals surface area contributed by atoms with Crippen LogP contribution in [0.5, 0.6) is 0 Å². The molecule has 2 aromatic carbocycles. The van der Waals surface area contributed by atoms with Crippen molar-refractivity contribution >= 4 is 44.7 Å². The van der Waals surface area contributed by atoms with Gasteiger partial charge in [-0.05, 0) is 38.1 Å². The molecule has 1 atom stereocenters. The highest BCUT2D eigenvalue weighted by atomic mass is 32.1. The Labute approximate surface area is 180 Å². The van der Waals surface area contributed by atoms with Crippen molar-refractivity contribution in [3.05, 3.63) is 58.5 Å². The lowest BCUT2D eigenvalue weighted by Crippen LogP contribution is -2.45. The molecule has 31 heavy (non-hydrogen) atoms. The molecule has 2 aromatic heterocycles. The predicted molar refractivity (Wildman–Crippen MR) is 115 cm³/mol. The van der Waals surface area contributed by atoms with Gasteiger partial charge in [0.25, 0.3) is 0 Å². The Morgan fingerprint density at radius 2 is 1.87 bits per heavy atom. The fourth-order valence-corrected chi connectivity index (χ4v) is 4.67. The van der Waals surface area contributed by atoms with Crippen molar-refractivity contribution < 1.29 is 23.1 Å². The number of carbonyl (C=O) groups excluding carboxylic acids is 1. The maximum atomic E-state index is 13.7. The summed E-state index contributed by atoms with van der Waals surface area (Å²) in [7, 11) is 0. The summed E-state index contributed by atoms with van der Waals surface area (Å²) in [4.78, 5) is 16.3. The van der Waals surface area contributed by atoms with Crippen molar-refractivity contribution in [2.24, 2.45) is 0 Å². The van der Waals surface area contributed by atoms with Crippen LogP contribution in [0.2, 0.25) is 0 Å². The third-order valence-corrected chi connectivity index (χ3v) is 6.34. The minimum atomic E-state index is -5.05. The molecule has 0 aliphatic heterocycles. The van der Waals surface area contributed by atoms with Gasteiger partial charge in [0.15, 0.2) is 0 Å². The lowest BCUT2D eigenvalue weighted by Gasteiger charge is -2.27. The number of halogens is 3. The summed E-state index contributed by atoms with van der Waals surface area (Å²) >= 11 is 0.676. The van der Waals surface area contributed by atoms with Gasteiger partial charge in [-0.1, -0.05) is 18.2 Å². The molecular formula is C22H20F3N3O2S. The molecule has 4 aromatic rings. The van der Waals surface area contributed by atoms with Gasteiger partial charge < -0.3 is 15.0 Å². The zero-order chi connectivity index (χ0) is 22.4. The highest BCUT2D eigenvalue weighted by molar-refractivity contribution is 7.09. The highest BCUT2D eigenvalue weighted by Gasteiger charge is 2.58. The second-order valence-corrected chi connectivity index (χ2v) is 8.23. The number of nitrogens with zero attached hydrogens (tertiary/aromatic N) is 2. The molecule has 0 saturated carbocycles. The van der Waals surface area contributed by atoms with Crippen molar-refractivity contribution in [1.29, 1.82) is 0 Å². The monoisotopic (exact) mass is 447 g/mol. The van der Waals surface area contributed by atoms with Crippen LogP contribution in [0, 0.1) is 6.92 Å². The molecule has 0 aliphatic rings. The van der Waals surface area contributed by atoms with Crippen LogP contribution in [-0.2, 0) is 16.9 Å². The standard InChI is InChI=1S/C22H20F3N3O2S/c1-3-28-17-7-5-4-6-15(17)16-10-14(8-9-18(16)28)27-19(29)11-21(30,22(23,24)25)20-26-13(2)12-31-20/h4-10,12,30H,3,11H2,1-2H3,(H,27,29). The van der Waals surface area contributed by atoms with E-state index >= 15 is 0 Å². The van der Waals surface area contributed by atoms with E-state index in [1.54, 1.807) is 12.1 Å². The van der Waals surface area contributed by atoms with E-state index in [1.807, 2.05) is 37.3 Å². The number of alkyl halides is 3. The van der Waals surface area contributed by atoms with E-state index in [1.165, 1.54) is 12.3 Å². The summed E-state index contributed by atoms with van der Waals surface area (Å²) in [5, 5.41) is 15.6. The van der Waals surface area contributed by atoms with Gasteiger partial charge in [0.2, 0.25) is 11.5 Å². The molecule has 0 fully saturated rings. The quantitative estimate of drug-likeness (QED) is 0.433. The van der Waals surface area contributed by atoms with E-state index in [4.69, 9.17) is 0 Å². The number of aryl methyl sites for hydroxylation is 2. The number of aliphatic hydroxyl groups is 1. The van der Waals surface area contributed by atoms with Gasteiger partial charge in [0, 0.05) is 45.1 Å². The Kier molecular flexibility index (Phi) is 5.26. The largest absolute Gasteiger partial charge is 0.424 e. The molecule has 5 nitrogen and oxygen atoms in total. The van der Waals surface area contributed by atoms with Crippen molar-refractivity contribution in [1.82, 2.24) is 9.55 Å². The molecule has 0 saturated heterocycles. The van der Waals surface area contributed by atoms with Gasteiger partial charge >= 0.3 is 6.18 Å². The van der Waals surface area contributed by atoms with Crippen LogP contribution < -0.4 is 5.32 Å². The lowest BCUT2D eigenvalue weighted by atomic mass is 9.99. The number of thiazole rings is 1. The number of para-hydroxylation sites is 1. The van der Waals surface area contributed by atoms with Crippen LogP contribution in [0.1, 0.15) is 24.0 Å². The summed E-state index contributed by atoms with van der Waals surface area (Å²) in [5.74, 6) is -0.953. The molecule has 9 heteroatoms. The summed E-state index contributed by atoms with van der Waals surface area (Å²) in [5.41, 5.74) is -0.642. The first-order valence-electron chi connectivity index (χ1n) is 9.66. The number of rotatable bonds is 5. The van der Waals surface area contributed by atoms with Crippen LogP contribution in [0.3, 0.4) is 0 Å². The van der Waals surface area contributed by atoms with E-state index in [0.29, 0.717) is 22.7 Å². The average Bonchev–Trinajstić information content (AvgIpc) is 3.28. The minimum Gasteiger partial charge on any atom is -0.374 e. The van der Waals surface area contributed by atoms with Crippen LogP contribution in [-0.4, -0.2) is 26.7 Å². The predicted octanol–water partition coefficient (Wildman–Crippen LogP) is 5.36. The minimum absolute atomic E-state index is 0.348. The topological polar surface area (TPSA) is 67.2 Å². The summed E-state index contributed by atoms with van der Waals surface area (Å²) in [6.07, 6.45) is -6.23. The molecule has 4 rings (SSSR count). The molecule has 0 radical (unpaired) electrons. The second-order valence-electron chi connectivity index (χ2n) is 7.37. The van der Waals surface area contributed by atoms with Crippen LogP contribution in [0.15, 0.2) is 47.8 Å². The molecule has 0 bridgehead atoms. The van der Waals surface area contributed by atoms with E-state index in [9.17, 15) is 23.1 Å². The molecule has 1 unspecified atom stereocenters. The van der Waals surface area contributed by atoms with Gasteiger partial charge in [-0.3, -0.25) is 4.79 Å². The Morgan fingerprint density at radius 1 is 1.16 bits per heavy atom. The number of amides is 1. The van der Waals surface area contributed by atoms with Crippen molar-refractivity contribution in [2.45, 2.75) is 38.6 Å². The third-order valence-electron chi connectivity index (χ3n) is 5.23. The first-order valence-corrected chi connectivity index (χ1v) is 10.5. The van der Waals surface area contributed by atoms with Gasteiger partial charge in [-0.25, -0.2) is 4.98 Å². The number of fused-ring (bicyclic) bond motifs is 3. The third kappa shape index (κ3) is 3.68. The normalized spacial score (nSPS) is 14.1. The smallest absolute Gasteiger partial charge is 0.374 e. The van der Waals surface area contributed by atoms with Crippen molar-refractivity contribution in [3.63, 3.8) is 0 Å². The fourth-order valence-electron chi connectivity index (χ4n) is 3.75. The Hall–Kier alpha value is -2.91. The number of nitrogens with one attached hydrogen (secondary N) is 1. The first kappa shape index (κ1) is 21.3. The average molecular weight is 447 g/mol. The molecular weight excluding hydrogens is 427 g/mol. The SMILES string of the molecule is CCn1c2ccccc2c2cc(NC(=O)CC(O)(c3nc(C)cs3)C(F)(F)F)ccc21. The summed E-state index contributed by atoms with van der Waals surface area (Å²) in [6.45, 7) is 4.31. The van der Waals surface area contributed by atoms with Crippen LogP contribution >= 0.6 is 11.3 Å². The van der Waals surface area contributed by atoms with Crippen molar-refractivity contribution in [2.75, 3.05) is 5.32 Å². The Balaban J connectivity index is 1.65. The second kappa shape index (κ2) is 7.65. The fraction of sp³-hybridized carbons (Fsp3) is 0.273. The van der Waals surface area contributed by atoms with Crippen LogP contribution in [0.4, 0.5) is 18.9 Å². The number of carbonyl (C=O) groups is 1. The first-order chi connectivity index (χ1) is 14.6. The zero-order valence-electron chi connectivity index (χ0n) is 16.8. The van der Waals surface area contributed by atoms with E-state index < -0.39 is 29.1 Å². The van der Waals surface area contributed by atoms with Gasteiger partial charge in [0.05, 0.1) is 6.42 Å². The van der Waals surface area contributed by atoms with Crippen LogP contribution in [0.25, 0.3) is 21.8 Å². The molecule has 0 aliphatic carbocycles. The maximum absolute atomic E-state index is 13.7. The molecule has 2 N–H and O–H groups in total. The number of anilines is 1. The molecule has 1 amide bonds. The van der Waals surface area contributed by atoms with E-state index in [2.05, 4.69) is 14.9 Å². The maximum Gasteiger partial charge on any atom is 0.424 e. The molecule has 162 valence electrons.